The lowest BCUT2D eigenvalue weighted by atomic mass is 9.95. The molecule has 0 saturated carbocycles. The first kappa shape index (κ1) is 14.1. The van der Waals surface area contributed by atoms with E-state index >= 15 is 0 Å². The molecule has 0 N–H and O–H groups in total. The number of allylic oxidation sites excluding steroid dienone is 1. The van der Waals surface area contributed by atoms with Crippen molar-refractivity contribution >= 4 is 27.2 Å². The van der Waals surface area contributed by atoms with Crippen molar-refractivity contribution in [3.05, 3.63) is 81.5 Å². The van der Waals surface area contributed by atoms with Gasteiger partial charge in [-0.1, -0.05) is 48.5 Å². The SMILES string of the molecule is CC1(C)C(Br)=C(c2ccccc2)C(c2ccccc2)=[N+]1[O-]. The molecule has 2 aromatic carbocycles. The summed E-state index contributed by atoms with van der Waals surface area (Å²) in [5, 5.41) is 12.8. The molecule has 0 aromatic heterocycles. The van der Waals surface area contributed by atoms with Gasteiger partial charge < -0.3 is 5.21 Å². The third-order valence-corrected chi connectivity index (χ3v) is 5.18. The summed E-state index contributed by atoms with van der Waals surface area (Å²) in [5.41, 5.74) is 3.08. The summed E-state index contributed by atoms with van der Waals surface area (Å²) >= 11 is 3.66. The Morgan fingerprint density at radius 1 is 0.857 bits per heavy atom. The van der Waals surface area contributed by atoms with Crippen LogP contribution in [0.1, 0.15) is 25.0 Å². The molecule has 3 heteroatoms. The molecule has 0 atom stereocenters. The standard InChI is InChI=1S/C18H16BrNO/c1-18(2)17(19)15(13-9-5-3-6-10-13)16(20(18)21)14-11-7-4-8-12-14/h3-12H,1-2H3. The van der Waals surface area contributed by atoms with Crippen LogP contribution in [0.15, 0.2) is 65.1 Å². The van der Waals surface area contributed by atoms with E-state index in [0.29, 0.717) is 0 Å². The fourth-order valence-corrected chi connectivity index (χ4v) is 3.18. The molecule has 1 heterocycles. The number of rotatable bonds is 2. The Morgan fingerprint density at radius 3 is 1.86 bits per heavy atom. The van der Waals surface area contributed by atoms with Crippen molar-refractivity contribution in [3.63, 3.8) is 0 Å². The first-order valence-electron chi connectivity index (χ1n) is 6.89. The van der Waals surface area contributed by atoms with Crippen LogP contribution in [-0.4, -0.2) is 16.0 Å². The minimum absolute atomic E-state index is 0.601. The van der Waals surface area contributed by atoms with Gasteiger partial charge >= 0.3 is 0 Å². The second-order valence-electron chi connectivity index (χ2n) is 5.62. The lowest BCUT2D eigenvalue weighted by Gasteiger charge is -2.19. The highest BCUT2D eigenvalue weighted by atomic mass is 79.9. The lowest BCUT2D eigenvalue weighted by molar-refractivity contribution is -0.520. The number of hydrogen-bond acceptors (Lipinski definition) is 1. The Balaban J connectivity index is 2.27. The van der Waals surface area contributed by atoms with Crippen LogP contribution in [0.4, 0.5) is 0 Å². The van der Waals surface area contributed by atoms with Gasteiger partial charge in [-0.25, -0.2) is 0 Å². The minimum Gasteiger partial charge on any atom is -0.623 e. The first-order valence-corrected chi connectivity index (χ1v) is 7.68. The number of hydroxylamine groups is 1. The van der Waals surface area contributed by atoms with Crippen molar-refractivity contribution in [2.75, 3.05) is 0 Å². The summed E-state index contributed by atoms with van der Waals surface area (Å²) in [5.74, 6) is 0. The first-order chi connectivity index (χ1) is 10.0. The Hall–Kier alpha value is -1.87. The van der Waals surface area contributed by atoms with Crippen LogP contribution in [0.3, 0.4) is 0 Å². The summed E-state index contributed by atoms with van der Waals surface area (Å²) in [6.07, 6.45) is 0. The molecule has 0 amide bonds. The van der Waals surface area contributed by atoms with E-state index in [2.05, 4.69) is 15.9 Å². The van der Waals surface area contributed by atoms with Crippen molar-refractivity contribution in [1.82, 2.24) is 0 Å². The highest BCUT2D eigenvalue weighted by molar-refractivity contribution is 9.12. The third kappa shape index (κ3) is 2.22. The summed E-state index contributed by atoms with van der Waals surface area (Å²) in [6, 6.07) is 19.9. The molecule has 2 aromatic rings. The van der Waals surface area contributed by atoms with Crippen LogP contribution < -0.4 is 0 Å². The van der Waals surface area contributed by atoms with Gasteiger partial charge in [0.25, 0.3) is 0 Å². The molecule has 3 rings (SSSR count). The second kappa shape index (κ2) is 5.15. The molecule has 0 saturated heterocycles. The molecular formula is C18H16BrNO. The molecule has 1 aliphatic heterocycles. The Bertz CT molecular complexity index is 667. The molecule has 0 fully saturated rings. The topological polar surface area (TPSA) is 26.1 Å². The van der Waals surface area contributed by atoms with E-state index < -0.39 is 5.54 Å². The maximum atomic E-state index is 12.8. The van der Waals surface area contributed by atoms with E-state index in [9.17, 15) is 5.21 Å². The van der Waals surface area contributed by atoms with Gasteiger partial charge in [0.05, 0.1) is 10.1 Å². The smallest absolute Gasteiger partial charge is 0.228 e. The van der Waals surface area contributed by atoms with Gasteiger partial charge in [-0.05, 0) is 33.6 Å². The van der Waals surface area contributed by atoms with Crippen molar-refractivity contribution in [3.8, 4) is 0 Å². The highest BCUT2D eigenvalue weighted by Gasteiger charge is 2.44. The fraction of sp³-hybridized carbons (Fsp3) is 0.167. The quantitative estimate of drug-likeness (QED) is 0.579. The lowest BCUT2D eigenvalue weighted by Crippen LogP contribution is -2.31. The van der Waals surface area contributed by atoms with E-state index in [4.69, 9.17) is 0 Å². The van der Waals surface area contributed by atoms with Crippen LogP contribution in [0.2, 0.25) is 0 Å². The van der Waals surface area contributed by atoms with Gasteiger partial charge in [0.2, 0.25) is 5.71 Å². The molecule has 0 spiro atoms. The largest absolute Gasteiger partial charge is 0.623 e. The molecule has 0 unspecified atom stereocenters. The minimum atomic E-state index is -0.601. The Labute approximate surface area is 133 Å². The summed E-state index contributed by atoms with van der Waals surface area (Å²) in [6.45, 7) is 3.87. The third-order valence-electron chi connectivity index (χ3n) is 3.81. The zero-order chi connectivity index (χ0) is 15.0. The van der Waals surface area contributed by atoms with Crippen molar-refractivity contribution in [2.24, 2.45) is 0 Å². The zero-order valence-corrected chi connectivity index (χ0v) is 13.6. The van der Waals surface area contributed by atoms with Gasteiger partial charge in [-0.3, -0.25) is 0 Å². The van der Waals surface area contributed by atoms with Gasteiger partial charge in [-0.15, -0.1) is 0 Å². The van der Waals surface area contributed by atoms with Crippen LogP contribution in [-0.2, 0) is 0 Å². The molecule has 0 bridgehead atoms. The molecule has 0 radical (unpaired) electrons. The average molecular weight is 342 g/mol. The van der Waals surface area contributed by atoms with Crippen molar-refractivity contribution in [2.45, 2.75) is 19.4 Å². The monoisotopic (exact) mass is 341 g/mol. The number of benzene rings is 2. The van der Waals surface area contributed by atoms with Gasteiger partial charge in [-0.2, -0.15) is 4.74 Å². The molecular weight excluding hydrogens is 326 g/mol. The zero-order valence-electron chi connectivity index (χ0n) is 12.0. The number of halogens is 1. The van der Waals surface area contributed by atoms with E-state index in [1.165, 1.54) is 0 Å². The van der Waals surface area contributed by atoms with E-state index in [-0.39, 0.29) is 0 Å². The number of nitrogens with zero attached hydrogens (tertiary/aromatic N) is 1. The predicted molar refractivity (Wildman–Crippen MR) is 90.5 cm³/mol. The number of hydrogen-bond donors (Lipinski definition) is 0. The predicted octanol–water partition coefficient (Wildman–Crippen LogP) is 4.58. The van der Waals surface area contributed by atoms with E-state index in [0.717, 1.165) is 31.6 Å². The highest BCUT2D eigenvalue weighted by Crippen LogP contribution is 2.41. The molecule has 21 heavy (non-hydrogen) atoms. The van der Waals surface area contributed by atoms with Crippen LogP contribution in [0.5, 0.6) is 0 Å². The summed E-state index contributed by atoms with van der Waals surface area (Å²) in [7, 11) is 0. The second-order valence-corrected chi connectivity index (χ2v) is 6.42. The average Bonchev–Trinajstić information content (AvgIpc) is 2.69. The van der Waals surface area contributed by atoms with Gasteiger partial charge in [0, 0.05) is 19.4 Å². The summed E-state index contributed by atoms with van der Waals surface area (Å²) in [4.78, 5) is 0. The normalized spacial score (nSPS) is 17.5. The van der Waals surface area contributed by atoms with Crippen molar-refractivity contribution < 1.29 is 4.74 Å². The maximum absolute atomic E-state index is 12.8. The maximum Gasteiger partial charge on any atom is 0.228 e. The Morgan fingerprint density at radius 2 is 1.33 bits per heavy atom. The van der Waals surface area contributed by atoms with Crippen LogP contribution in [0.25, 0.3) is 5.57 Å². The fourth-order valence-electron chi connectivity index (χ4n) is 2.61. The Kier molecular flexibility index (Phi) is 3.46. The molecule has 1 aliphatic rings. The van der Waals surface area contributed by atoms with Crippen molar-refractivity contribution in [1.29, 1.82) is 0 Å². The van der Waals surface area contributed by atoms with Crippen LogP contribution >= 0.6 is 15.9 Å². The van der Waals surface area contributed by atoms with Gasteiger partial charge in [0.1, 0.15) is 0 Å². The molecule has 106 valence electrons. The van der Waals surface area contributed by atoms with Gasteiger partial charge in [0.15, 0.2) is 5.54 Å². The van der Waals surface area contributed by atoms with E-state index in [1.807, 2.05) is 74.5 Å². The van der Waals surface area contributed by atoms with Crippen LogP contribution in [0, 0.1) is 5.21 Å². The molecule has 2 nitrogen and oxygen atoms in total. The summed E-state index contributed by atoms with van der Waals surface area (Å²) < 4.78 is 2.03. The van der Waals surface area contributed by atoms with E-state index in [1.54, 1.807) is 0 Å². The molecule has 0 aliphatic carbocycles.